The van der Waals surface area contributed by atoms with Crippen molar-refractivity contribution in [1.82, 2.24) is 10.6 Å². The first kappa shape index (κ1) is 30.6. The molecule has 196 valence electrons. The van der Waals surface area contributed by atoms with Crippen LogP contribution in [0.2, 0.25) is 0 Å². The third-order valence-corrected chi connectivity index (χ3v) is 6.92. The Hall–Kier alpha value is -1.43. The molecule has 0 saturated carbocycles. The van der Waals surface area contributed by atoms with Gasteiger partial charge in [0, 0.05) is 0 Å². The average Bonchev–Trinajstić information content (AvgIpc) is 2.84. The molecule has 5 nitrogen and oxygen atoms in total. The minimum absolute atomic E-state index is 0.149. The molecule has 0 aliphatic carbocycles. The number of aliphatic hydroxyl groups is 2. The van der Waals surface area contributed by atoms with E-state index in [0.717, 1.165) is 37.7 Å². The molecule has 5 heteroatoms. The third-order valence-electron chi connectivity index (χ3n) is 6.92. The lowest BCUT2D eigenvalue weighted by molar-refractivity contribution is -0.126. The van der Waals surface area contributed by atoms with Crippen molar-refractivity contribution in [2.75, 3.05) is 20.3 Å². The maximum atomic E-state index is 12.9. The lowest BCUT2D eigenvalue weighted by atomic mass is 9.91. The van der Waals surface area contributed by atoms with Crippen LogP contribution in [0.25, 0.3) is 0 Å². The molecule has 1 amide bonds. The summed E-state index contributed by atoms with van der Waals surface area (Å²) in [7, 11) is 1.79. The Morgan fingerprint density at radius 3 is 1.97 bits per heavy atom. The standard InChI is InChI=1S/C29H52N2O3/c1-5-6-7-8-9-10-14-25-16-18-26(19-17-25)20-21-29(22-32,23-33)31-28(34)27(30-4)15-12-11-13-24(2)3/h16-19,24,27,30,32-33H,5-15,20-23H2,1-4H3,(H,31,34). The smallest absolute Gasteiger partial charge is 0.237 e. The molecule has 1 aromatic carbocycles. The molecule has 0 aromatic heterocycles. The summed E-state index contributed by atoms with van der Waals surface area (Å²) in [5.74, 6) is 0.521. The molecular weight excluding hydrogens is 424 g/mol. The number of unbranched alkanes of at least 4 members (excludes halogenated alkanes) is 6. The van der Waals surface area contributed by atoms with Gasteiger partial charge in [-0.25, -0.2) is 0 Å². The minimum atomic E-state index is -1.01. The van der Waals surface area contributed by atoms with Crippen LogP contribution in [0, 0.1) is 5.92 Å². The van der Waals surface area contributed by atoms with Crippen molar-refractivity contribution in [3.8, 4) is 0 Å². The fourth-order valence-electron chi connectivity index (χ4n) is 4.37. The maximum Gasteiger partial charge on any atom is 0.237 e. The second-order valence-corrected chi connectivity index (χ2v) is 10.4. The summed E-state index contributed by atoms with van der Waals surface area (Å²) in [6.45, 7) is 6.10. The van der Waals surface area contributed by atoms with Crippen molar-refractivity contribution in [3.05, 3.63) is 35.4 Å². The zero-order valence-electron chi connectivity index (χ0n) is 22.4. The third kappa shape index (κ3) is 12.3. The van der Waals surface area contributed by atoms with Gasteiger partial charge in [0.25, 0.3) is 0 Å². The largest absolute Gasteiger partial charge is 0.394 e. The Balaban J connectivity index is 2.53. The molecule has 4 N–H and O–H groups in total. The Morgan fingerprint density at radius 1 is 0.853 bits per heavy atom. The molecule has 0 aliphatic rings. The first-order chi connectivity index (χ1) is 16.4. The van der Waals surface area contributed by atoms with Crippen LogP contribution in [-0.4, -0.2) is 48.0 Å². The van der Waals surface area contributed by atoms with Crippen LogP contribution < -0.4 is 10.6 Å². The van der Waals surface area contributed by atoms with Crippen LogP contribution in [0.3, 0.4) is 0 Å². The summed E-state index contributed by atoms with van der Waals surface area (Å²) in [6, 6.07) is 8.34. The van der Waals surface area contributed by atoms with Crippen LogP contribution in [0.15, 0.2) is 24.3 Å². The van der Waals surface area contributed by atoms with Crippen LogP contribution in [0.5, 0.6) is 0 Å². The van der Waals surface area contributed by atoms with Crippen molar-refractivity contribution in [2.45, 2.75) is 116 Å². The van der Waals surface area contributed by atoms with Gasteiger partial charge in [-0.1, -0.05) is 96.4 Å². The fraction of sp³-hybridized carbons (Fsp3) is 0.759. The highest BCUT2D eigenvalue weighted by Gasteiger charge is 2.32. The first-order valence-electron chi connectivity index (χ1n) is 13.7. The highest BCUT2D eigenvalue weighted by molar-refractivity contribution is 5.82. The van der Waals surface area contributed by atoms with E-state index >= 15 is 0 Å². The number of benzene rings is 1. The predicted octanol–water partition coefficient (Wildman–Crippen LogP) is 5.17. The first-order valence-corrected chi connectivity index (χ1v) is 13.7. The Labute approximate surface area is 209 Å². The van der Waals surface area contributed by atoms with E-state index in [-0.39, 0.29) is 25.2 Å². The quantitative estimate of drug-likeness (QED) is 0.196. The highest BCUT2D eigenvalue weighted by atomic mass is 16.3. The molecule has 0 aliphatic heterocycles. The van der Waals surface area contributed by atoms with Gasteiger partial charge < -0.3 is 20.8 Å². The summed E-state index contributed by atoms with van der Waals surface area (Å²) < 4.78 is 0. The molecule has 0 saturated heterocycles. The van der Waals surface area contributed by atoms with Crippen molar-refractivity contribution < 1.29 is 15.0 Å². The second-order valence-electron chi connectivity index (χ2n) is 10.4. The van der Waals surface area contributed by atoms with E-state index in [1.165, 1.54) is 44.1 Å². The number of likely N-dealkylation sites (N-methyl/N-ethyl adjacent to an activating group) is 1. The molecule has 0 heterocycles. The van der Waals surface area contributed by atoms with Gasteiger partial charge in [-0.05, 0) is 56.2 Å². The molecule has 0 radical (unpaired) electrons. The van der Waals surface area contributed by atoms with Gasteiger partial charge in [0.1, 0.15) is 0 Å². The van der Waals surface area contributed by atoms with E-state index < -0.39 is 5.54 Å². The number of amides is 1. The molecule has 1 unspecified atom stereocenters. The summed E-state index contributed by atoms with van der Waals surface area (Å²) in [5.41, 5.74) is 1.50. The normalized spacial score (nSPS) is 12.8. The summed E-state index contributed by atoms with van der Waals surface area (Å²) in [5, 5.41) is 26.2. The zero-order chi connectivity index (χ0) is 25.2. The number of rotatable bonds is 20. The molecule has 34 heavy (non-hydrogen) atoms. The summed E-state index contributed by atoms with van der Waals surface area (Å²) in [6.07, 6.45) is 14.1. The number of carbonyl (C=O) groups excluding carboxylic acids is 1. The number of aryl methyl sites for hydroxylation is 2. The van der Waals surface area contributed by atoms with Crippen molar-refractivity contribution >= 4 is 5.91 Å². The van der Waals surface area contributed by atoms with E-state index in [1.807, 2.05) is 0 Å². The van der Waals surface area contributed by atoms with Gasteiger partial charge >= 0.3 is 0 Å². The SMILES string of the molecule is CCCCCCCCc1ccc(CCC(CO)(CO)NC(=O)C(CCCCC(C)C)NC)cc1. The molecule has 1 atom stereocenters. The number of nitrogens with one attached hydrogen (secondary N) is 2. The molecule has 1 aromatic rings. The van der Waals surface area contributed by atoms with Crippen LogP contribution in [0.4, 0.5) is 0 Å². The maximum absolute atomic E-state index is 12.9. The van der Waals surface area contributed by atoms with Crippen LogP contribution >= 0.6 is 0 Å². The molecule has 0 spiro atoms. The van der Waals surface area contributed by atoms with Gasteiger partial charge in [-0.2, -0.15) is 0 Å². The van der Waals surface area contributed by atoms with E-state index in [1.54, 1.807) is 7.05 Å². The van der Waals surface area contributed by atoms with E-state index in [9.17, 15) is 15.0 Å². The number of carbonyl (C=O) groups is 1. The number of hydrogen-bond donors (Lipinski definition) is 4. The van der Waals surface area contributed by atoms with E-state index in [4.69, 9.17) is 0 Å². The van der Waals surface area contributed by atoms with Gasteiger partial charge in [0.2, 0.25) is 5.91 Å². The summed E-state index contributed by atoms with van der Waals surface area (Å²) in [4.78, 5) is 12.9. The predicted molar refractivity (Wildman–Crippen MR) is 143 cm³/mol. The highest BCUT2D eigenvalue weighted by Crippen LogP contribution is 2.18. The fourth-order valence-corrected chi connectivity index (χ4v) is 4.37. The topological polar surface area (TPSA) is 81.6 Å². The summed E-state index contributed by atoms with van der Waals surface area (Å²) >= 11 is 0. The van der Waals surface area contributed by atoms with Gasteiger partial charge in [-0.3, -0.25) is 4.79 Å². The molecule has 0 fully saturated rings. The van der Waals surface area contributed by atoms with Crippen molar-refractivity contribution in [3.63, 3.8) is 0 Å². The zero-order valence-corrected chi connectivity index (χ0v) is 22.4. The Kier molecular flexibility index (Phi) is 16.1. The van der Waals surface area contributed by atoms with Crippen LogP contribution in [-0.2, 0) is 17.6 Å². The van der Waals surface area contributed by atoms with Crippen molar-refractivity contribution in [2.24, 2.45) is 5.92 Å². The van der Waals surface area contributed by atoms with Gasteiger partial charge in [-0.15, -0.1) is 0 Å². The average molecular weight is 477 g/mol. The van der Waals surface area contributed by atoms with E-state index in [2.05, 4.69) is 55.7 Å². The minimum Gasteiger partial charge on any atom is -0.394 e. The number of aliphatic hydroxyl groups excluding tert-OH is 2. The Morgan fingerprint density at radius 2 is 1.41 bits per heavy atom. The molecule has 0 bridgehead atoms. The van der Waals surface area contributed by atoms with Gasteiger partial charge in [0.05, 0.1) is 24.8 Å². The van der Waals surface area contributed by atoms with Gasteiger partial charge in [0.15, 0.2) is 0 Å². The van der Waals surface area contributed by atoms with E-state index in [0.29, 0.717) is 18.8 Å². The second kappa shape index (κ2) is 17.9. The number of hydrogen-bond acceptors (Lipinski definition) is 4. The van der Waals surface area contributed by atoms with Crippen molar-refractivity contribution in [1.29, 1.82) is 0 Å². The lowest BCUT2D eigenvalue weighted by Crippen LogP contribution is -2.58. The molecule has 1 rings (SSSR count). The monoisotopic (exact) mass is 476 g/mol. The van der Waals surface area contributed by atoms with Crippen LogP contribution in [0.1, 0.15) is 103 Å². The molecular formula is C29H52N2O3. The lowest BCUT2D eigenvalue weighted by Gasteiger charge is -2.33. The Bertz CT molecular complexity index is 641.